The molecule has 0 saturated heterocycles. The summed E-state index contributed by atoms with van der Waals surface area (Å²) in [5, 5.41) is 4.72. The summed E-state index contributed by atoms with van der Waals surface area (Å²) in [5.74, 6) is -0.797. The highest BCUT2D eigenvalue weighted by Gasteiger charge is 2.17. The minimum Gasteiger partial charge on any atom is -0.458 e. The van der Waals surface area contributed by atoms with Gasteiger partial charge in [-0.2, -0.15) is 0 Å². The molecule has 0 atom stereocenters. The van der Waals surface area contributed by atoms with Crippen LogP contribution in [0.5, 0.6) is 0 Å². The van der Waals surface area contributed by atoms with Crippen LogP contribution in [-0.4, -0.2) is 21.9 Å². The Labute approximate surface area is 199 Å². The van der Waals surface area contributed by atoms with Gasteiger partial charge in [-0.25, -0.2) is 4.98 Å². The molecule has 34 heavy (non-hydrogen) atoms. The Morgan fingerprint density at radius 3 is 2.32 bits per heavy atom. The minimum absolute atomic E-state index is 0.0589. The Kier molecular flexibility index (Phi) is 5.72. The van der Waals surface area contributed by atoms with Gasteiger partial charge < -0.3 is 4.42 Å². The summed E-state index contributed by atoms with van der Waals surface area (Å²) in [6, 6.07) is 26.0. The largest absolute Gasteiger partial charge is 0.458 e. The van der Waals surface area contributed by atoms with Gasteiger partial charge in [-0.05, 0) is 24.4 Å². The molecule has 2 heterocycles. The zero-order valence-corrected chi connectivity index (χ0v) is 18.6. The number of fused-ring (bicyclic) bond motifs is 2. The standard InChI is InChI=1S/C26H18N4O3S/c31-24(28-26(34)30-29-25(32)23-18-11-5-4-10-17(18)15-33-23)20-14-22(16-8-2-1-3-9-16)27-21-13-7-6-12-19(20)21/h1-15H,(H,29,32)(H2,28,30,31,34). The smallest absolute Gasteiger partial charge is 0.305 e. The van der Waals surface area contributed by atoms with Crippen molar-refractivity contribution < 1.29 is 14.0 Å². The van der Waals surface area contributed by atoms with Crippen molar-refractivity contribution >= 4 is 50.8 Å². The van der Waals surface area contributed by atoms with E-state index in [0.29, 0.717) is 27.5 Å². The minimum atomic E-state index is -0.515. The van der Waals surface area contributed by atoms with Crippen LogP contribution in [0.25, 0.3) is 32.9 Å². The van der Waals surface area contributed by atoms with Crippen molar-refractivity contribution in [2.75, 3.05) is 0 Å². The van der Waals surface area contributed by atoms with Crippen LogP contribution in [-0.2, 0) is 0 Å². The normalized spacial score (nSPS) is 10.7. The number of benzene rings is 3. The van der Waals surface area contributed by atoms with Gasteiger partial charge in [-0.1, -0.05) is 72.8 Å². The Morgan fingerprint density at radius 1 is 0.794 bits per heavy atom. The van der Waals surface area contributed by atoms with E-state index in [4.69, 9.17) is 16.6 Å². The summed E-state index contributed by atoms with van der Waals surface area (Å²) in [6.07, 6.45) is 1.50. The van der Waals surface area contributed by atoms with Crippen molar-refractivity contribution in [2.24, 2.45) is 0 Å². The summed E-state index contributed by atoms with van der Waals surface area (Å²) >= 11 is 5.22. The highest BCUT2D eigenvalue weighted by Crippen LogP contribution is 2.25. The molecule has 3 N–H and O–H groups in total. The Morgan fingerprint density at radius 2 is 1.50 bits per heavy atom. The lowest BCUT2D eigenvalue weighted by Crippen LogP contribution is -2.48. The summed E-state index contributed by atoms with van der Waals surface area (Å²) in [6.45, 7) is 0. The van der Waals surface area contributed by atoms with Crippen molar-refractivity contribution in [3.05, 3.63) is 103 Å². The van der Waals surface area contributed by atoms with E-state index in [0.717, 1.165) is 10.9 Å². The second kappa shape index (κ2) is 9.13. The second-order valence-corrected chi connectivity index (χ2v) is 7.86. The maximum absolute atomic E-state index is 13.1. The number of para-hydroxylation sites is 1. The lowest BCUT2D eigenvalue weighted by atomic mass is 10.0. The molecule has 0 aliphatic rings. The summed E-state index contributed by atoms with van der Waals surface area (Å²) in [5.41, 5.74) is 7.67. The van der Waals surface area contributed by atoms with Gasteiger partial charge in [-0.3, -0.25) is 25.8 Å². The number of pyridine rings is 1. The quantitative estimate of drug-likeness (QED) is 0.266. The van der Waals surface area contributed by atoms with E-state index in [1.54, 1.807) is 12.1 Å². The number of hydrazine groups is 1. The molecule has 2 amide bonds. The zero-order valence-electron chi connectivity index (χ0n) is 17.7. The van der Waals surface area contributed by atoms with E-state index in [2.05, 4.69) is 21.2 Å². The molecule has 0 bridgehead atoms. The van der Waals surface area contributed by atoms with Gasteiger partial charge in [0, 0.05) is 21.7 Å². The molecule has 166 valence electrons. The number of rotatable bonds is 3. The number of hydrogen-bond donors (Lipinski definition) is 3. The van der Waals surface area contributed by atoms with Crippen LogP contribution in [0.3, 0.4) is 0 Å². The van der Waals surface area contributed by atoms with E-state index < -0.39 is 11.8 Å². The molecule has 0 unspecified atom stereocenters. The molecule has 2 aromatic heterocycles. The molecule has 0 saturated carbocycles. The molecule has 3 aromatic carbocycles. The van der Waals surface area contributed by atoms with Crippen LogP contribution in [0.4, 0.5) is 0 Å². The number of hydrogen-bond acceptors (Lipinski definition) is 5. The van der Waals surface area contributed by atoms with Gasteiger partial charge in [0.2, 0.25) is 5.76 Å². The van der Waals surface area contributed by atoms with Crippen LogP contribution in [0.15, 0.2) is 95.6 Å². The molecule has 8 heteroatoms. The van der Waals surface area contributed by atoms with E-state index in [-0.39, 0.29) is 10.9 Å². The van der Waals surface area contributed by atoms with E-state index >= 15 is 0 Å². The third-order valence-corrected chi connectivity index (χ3v) is 5.47. The summed E-state index contributed by atoms with van der Waals surface area (Å²) < 4.78 is 5.37. The first-order valence-electron chi connectivity index (χ1n) is 10.4. The lowest BCUT2D eigenvalue weighted by molar-refractivity contribution is 0.0912. The van der Waals surface area contributed by atoms with E-state index in [9.17, 15) is 9.59 Å². The van der Waals surface area contributed by atoms with E-state index in [1.807, 2.05) is 72.8 Å². The number of thiocarbonyl (C=S) groups is 1. The molecule has 7 nitrogen and oxygen atoms in total. The molecule has 0 aliphatic carbocycles. The fourth-order valence-electron chi connectivity index (χ4n) is 3.66. The van der Waals surface area contributed by atoms with Gasteiger partial charge in [0.05, 0.1) is 23.0 Å². The van der Waals surface area contributed by atoms with Crippen molar-refractivity contribution in [3.8, 4) is 11.3 Å². The molecule has 0 fully saturated rings. The SMILES string of the molecule is O=C(NNC(=S)NC(=O)c1cc(-c2ccccc2)nc2ccccc12)c1occ2ccccc12. The first kappa shape index (κ1) is 21.3. The zero-order chi connectivity index (χ0) is 23.5. The highest BCUT2D eigenvalue weighted by atomic mass is 32.1. The first-order valence-corrected chi connectivity index (χ1v) is 10.8. The summed E-state index contributed by atoms with van der Waals surface area (Å²) in [4.78, 5) is 30.3. The Hall–Kier alpha value is -4.56. The number of nitrogens with zero attached hydrogens (tertiary/aromatic N) is 1. The van der Waals surface area contributed by atoms with Gasteiger partial charge in [-0.15, -0.1) is 0 Å². The highest BCUT2D eigenvalue weighted by molar-refractivity contribution is 7.80. The molecular weight excluding hydrogens is 448 g/mol. The lowest BCUT2D eigenvalue weighted by Gasteiger charge is -2.12. The predicted molar refractivity (Wildman–Crippen MR) is 134 cm³/mol. The topological polar surface area (TPSA) is 96.3 Å². The number of amides is 2. The van der Waals surface area contributed by atoms with Gasteiger partial charge >= 0.3 is 5.91 Å². The van der Waals surface area contributed by atoms with Crippen LogP contribution in [0.1, 0.15) is 20.9 Å². The van der Waals surface area contributed by atoms with Crippen LogP contribution >= 0.6 is 12.2 Å². The number of carbonyl (C=O) groups excluding carboxylic acids is 2. The van der Waals surface area contributed by atoms with Crippen LogP contribution < -0.4 is 16.2 Å². The van der Waals surface area contributed by atoms with Crippen molar-refractivity contribution in [1.29, 1.82) is 0 Å². The predicted octanol–water partition coefficient (Wildman–Crippen LogP) is 4.60. The number of carbonyl (C=O) groups is 2. The van der Waals surface area contributed by atoms with Gasteiger partial charge in [0.25, 0.3) is 5.91 Å². The first-order chi connectivity index (χ1) is 16.6. The number of furan rings is 1. The Balaban J connectivity index is 1.33. The molecule has 0 radical (unpaired) electrons. The van der Waals surface area contributed by atoms with Gasteiger partial charge in [0.1, 0.15) is 0 Å². The van der Waals surface area contributed by atoms with Crippen LogP contribution in [0.2, 0.25) is 0 Å². The fraction of sp³-hybridized carbons (Fsp3) is 0. The number of nitrogens with one attached hydrogen (secondary N) is 3. The fourth-order valence-corrected chi connectivity index (χ4v) is 3.80. The summed E-state index contributed by atoms with van der Waals surface area (Å²) in [7, 11) is 0. The Bertz CT molecular complexity index is 1550. The monoisotopic (exact) mass is 466 g/mol. The molecule has 5 rings (SSSR count). The van der Waals surface area contributed by atoms with Crippen molar-refractivity contribution in [3.63, 3.8) is 0 Å². The van der Waals surface area contributed by atoms with Crippen molar-refractivity contribution in [2.45, 2.75) is 0 Å². The third kappa shape index (κ3) is 4.22. The third-order valence-electron chi connectivity index (χ3n) is 5.26. The molecular formula is C26H18N4O3S. The molecule has 0 spiro atoms. The van der Waals surface area contributed by atoms with Crippen molar-refractivity contribution in [1.82, 2.24) is 21.2 Å². The number of aromatic nitrogens is 1. The maximum Gasteiger partial charge on any atom is 0.305 e. The maximum atomic E-state index is 13.1. The van der Waals surface area contributed by atoms with E-state index in [1.165, 1.54) is 6.26 Å². The average Bonchev–Trinajstić information content (AvgIpc) is 3.31. The average molecular weight is 467 g/mol. The second-order valence-electron chi connectivity index (χ2n) is 7.45. The molecule has 5 aromatic rings. The van der Waals surface area contributed by atoms with Gasteiger partial charge in [0.15, 0.2) is 5.11 Å². The van der Waals surface area contributed by atoms with Crippen LogP contribution in [0, 0.1) is 0 Å². The molecule has 0 aliphatic heterocycles.